The van der Waals surface area contributed by atoms with Crippen molar-refractivity contribution in [3.63, 3.8) is 0 Å². The monoisotopic (exact) mass is 612 g/mol. The highest BCUT2D eigenvalue weighted by Crippen LogP contribution is 2.68. The van der Waals surface area contributed by atoms with Gasteiger partial charge >= 0.3 is 0 Å². The fraction of sp³-hybridized carbons (Fsp3) is 0.125. The van der Waals surface area contributed by atoms with Crippen molar-refractivity contribution in [3.05, 3.63) is 214 Å². The second-order valence-electron chi connectivity index (χ2n) is 14.8. The van der Waals surface area contributed by atoms with E-state index in [2.05, 4.69) is 185 Å². The van der Waals surface area contributed by atoms with E-state index in [9.17, 15) is 0 Å². The van der Waals surface area contributed by atoms with E-state index in [0.29, 0.717) is 0 Å². The van der Waals surface area contributed by atoms with Gasteiger partial charge in [-0.1, -0.05) is 185 Å². The average molecular weight is 613 g/mol. The molecule has 0 heterocycles. The summed E-state index contributed by atoms with van der Waals surface area (Å²) in [4.78, 5) is 0. The van der Waals surface area contributed by atoms with E-state index in [1.807, 2.05) is 0 Å². The van der Waals surface area contributed by atoms with Crippen LogP contribution in [0.15, 0.2) is 164 Å². The molecule has 0 amide bonds. The molecule has 7 aromatic carbocycles. The minimum Gasteiger partial charge on any atom is -0.0619 e. The molecule has 2 spiro atoms. The molecule has 10 rings (SSSR count). The average Bonchev–Trinajstić information content (AvgIpc) is 3.59. The van der Waals surface area contributed by atoms with Gasteiger partial charge in [-0.25, -0.2) is 0 Å². The highest BCUT2D eigenvalue weighted by Gasteiger charge is 2.59. The lowest BCUT2D eigenvalue weighted by atomic mass is 9.51. The van der Waals surface area contributed by atoms with Gasteiger partial charge in [-0.3, -0.25) is 0 Å². The van der Waals surface area contributed by atoms with Gasteiger partial charge in [0, 0.05) is 0 Å². The molecule has 3 aliphatic rings. The van der Waals surface area contributed by atoms with Gasteiger partial charge in [0.05, 0.1) is 10.8 Å². The molecule has 0 aliphatic heterocycles. The molecule has 0 atom stereocenters. The SMILES string of the molecule is CC(C)(C)c1ccc(-c2cccc3c2C2(c4ccccc4-c4ccccc42)c2ccccc2C32c3ccccc3-c3ccccc32)cc1. The van der Waals surface area contributed by atoms with Crippen molar-refractivity contribution in [2.75, 3.05) is 0 Å². The van der Waals surface area contributed by atoms with Crippen LogP contribution in [0.2, 0.25) is 0 Å². The molecule has 0 N–H and O–H groups in total. The Morgan fingerprint density at radius 3 is 1.12 bits per heavy atom. The lowest BCUT2D eigenvalue weighted by molar-refractivity contribution is 0.590. The smallest absolute Gasteiger partial charge is 0.0619 e. The van der Waals surface area contributed by atoms with Crippen LogP contribution in [0.3, 0.4) is 0 Å². The third kappa shape index (κ3) is 3.26. The van der Waals surface area contributed by atoms with Gasteiger partial charge in [-0.15, -0.1) is 0 Å². The fourth-order valence-electron chi connectivity index (χ4n) is 9.69. The first-order valence-electron chi connectivity index (χ1n) is 17.2. The summed E-state index contributed by atoms with van der Waals surface area (Å²) in [5, 5.41) is 0. The van der Waals surface area contributed by atoms with Gasteiger partial charge in [0.25, 0.3) is 0 Å². The van der Waals surface area contributed by atoms with Gasteiger partial charge < -0.3 is 0 Å². The van der Waals surface area contributed by atoms with Crippen molar-refractivity contribution in [2.45, 2.75) is 37.0 Å². The van der Waals surface area contributed by atoms with E-state index in [1.165, 1.54) is 83.5 Å². The normalized spacial score (nSPS) is 15.3. The van der Waals surface area contributed by atoms with Crippen LogP contribution in [0.5, 0.6) is 0 Å². The van der Waals surface area contributed by atoms with E-state index >= 15 is 0 Å². The summed E-state index contributed by atoms with van der Waals surface area (Å²) < 4.78 is 0. The predicted octanol–water partition coefficient (Wildman–Crippen LogP) is 11.7. The predicted molar refractivity (Wildman–Crippen MR) is 199 cm³/mol. The van der Waals surface area contributed by atoms with Crippen LogP contribution in [-0.2, 0) is 16.2 Å². The van der Waals surface area contributed by atoms with Crippen molar-refractivity contribution in [2.24, 2.45) is 0 Å². The molecule has 0 saturated heterocycles. The number of hydrogen-bond donors (Lipinski definition) is 0. The van der Waals surface area contributed by atoms with Crippen molar-refractivity contribution < 1.29 is 0 Å². The topological polar surface area (TPSA) is 0 Å². The first-order valence-corrected chi connectivity index (χ1v) is 17.2. The first kappa shape index (κ1) is 27.6. The Bertz CT molecular complexity index is 2340. The Kier molecular flexibility index (Phi) is 5.50. The summed E-state index contributed by atoms with van der Waals surface area (Å²) in [5.41, 5.74) is 19.4. The molecular weight excluding hydrogens is 577 g/mol. The van der Waals surface area contributed by atoms with E-state index in [-0.39, 0.29) is 5.41 Å². The maximum atomic E-state index is 2.45. The van der Waals surface area contributed by atoms with Crippen molar-refractivity contribution in [3.8, 4) is 33.4 Å². The zero-order chi connectivity index (χ0) is 32.3. The second kappa shape index (κ2) is 9.55. The van der Waals surface area contributed by atoms with Crippen molar-refractivity contribution in [1.29, 1.82) is 0 Å². The zero-order valence-electron chi connectivity index (χ0n) is 27.6. The molecule has 0 nitrogen and oxygen atoms in total. The van der Waals surface area contributed by atoms with Gasteiger partial charge in [0.15, 0.2) is 0 Å². The molecule has 0 saturated carbocycles. The molecule has 3 aliphatic carbocycles. The molecule has 48 heavy (non-hydrogen) atoms. The molecule has 0 aromatic heterocycles. The number of rotatable bonds is 1. The Morgan fingerprint density at radius 1 is 0.312 bits per heavy atom. The van der Waals surface area contributed by atoms with E-state index in [1.54, 1.807) is 0 Å². The van der Waals surface area contributed by atoms with E-state index in [0.717, 1.165) is 0 Å². The summed E-state index contributed by atoms with van der Waals surface area (Å²) in [6.07, 6.45) is 0. The summed E-state index contributed by atoms with van der Waals surface area (Å²) >= 11 is 0. The van der Waals surface area contributed by atoms with E-state index in [4.69, 9.17) is 0 Å². The molecule has 0 fully saturated rings. The number of fused-ring (bicyclic) bond motifs is 16. The lowest BCUT2D eigenvalue weighted by Gasteiger charge is -2.49. The Hall–Kier alpha value is -5.46. The Morgan fingerprint density at radius 2 is 0.667 bits per heavy atom. The van der Waals surface area contributed by atoms with E-state index < -0.39 is 10.8 Å². The van der Waals surface area contributed by atoms with Crippen LogP contribution in [0.25, 0.3) is 33.4 Å². The zero-order valence-corrected chi connectivity index (χ0v) is 27.6. The largest absolute Gasteiger partial charge is 0.0725 e. The summed E-state index contributed by atoms with van der Waals surface area (Å²) in [5.74, 6) is 0. The standard InChI is InChI=1S/C48H36/c1-46(2,3)32-29-27-31(28-30-32)33-19-14-26-44-45(33)48(40-22-10-6-17-36(40)37-18-7-11-23-41(37)48)43-25-13-12-24-42(43)47(44)38-20-8-4-15-34(38)35-16-5-9-21-39(35)47/h4-30H,1-3H3. The number of benzene rings is 7. The quantitative estimate of drug-likeness (QED) is 0.173. The molecular formula is C48H36. The minimum absolute atomic E-state index is 0.0828. The molecule has 0 bridgehead atoms. The van der Waals surface area contributed by atoms with Crippen LogP contribution < -0.4 is 0 Å². The van der Waals surface area contributed by atoms with Gasteiger partial charge in [-0.2, -0.15) is 0 Å². The van der Waals surface area contributed by atoms with Gasteiger partial charge in [0.1, 0.15) is 0 Å². The molecule has 228 valence electrons. The maximum Gasteiger partial charge on any atom is 0.0725 e. The molecule has 7 aromatic rings. The van der Waals surface area contributed by atoms with Crippen LogP contribution in [-0.4, -0.2) is 0 Å². The second-order valence-corrected chi connectivity index (χ2v) is 14.8. The van der Waals surface area contributed by atoms with Crippen LogP contribution in [0.1, 0.15) is 70.8 Å². The molecule has 0 heteroatoms. The maximum absolute atomic E-state index is 2.45. The van der Waals surface area contributed by atoms with Crippen LogP contribution in [0, 0.1) is 0 Å². The number of hydrogen-bond acceptors (Lipinski definition) is 0. The lowest BCUT2D eigenvalue weighted by Crippen LogP contribution is -2.44. The fourth-order valence-corrected chi connectivity index (χ4v) is 9.69. The van der Waals surface area contributed by atoms with Crippen molar-refractivity contribution in [1.82, 2.24) is 0 Å². The minimum atomic E-state index is -0.490. The summed E-state index contributed by atoms with van der Waals surface area (Å²) in [6.45, 7) is 6.89. The van der Waals surface area contributed by atoms with Crippen molar-refractivity contribution >= 4 is 0 Å². The Labute approximate surface area is 283 Å². The summed E-state index contributed by atoms with van der Waals surface area (Å²) in [7, 11) is 0. The summed E-state index contributed by atoms with van der Waals surface area (Å²) in [6, 6.07) is 62.5. The van der Waals surface area contributed by atoms with Crippen LogP contribution >= 0.6 is 0 Å². The Balaban J connectivity index is 1.44. The first-order chi connectivity index (χ1) is 23.5. The van der Waals surface area contributed by atoms with Gasteiger partial charge in [0.2, 0.25) is 0 Å². The third-order valence-corrected chi connectivity index (χ3v) is 11.5. The molecule has 0 radical (unpaired) electrons. The molecule has 0 unspecified atom stereocenters. The third-order valence-electron chi connectivity index (χ3n) is 11.5. The van der Waals surface area contributed by atoms with Crippen LogP contribution in [0.4, 0.5) is 0 Å². The highest BCUT2D eigenvalue weighted by molar-refractivity contribution is 5.96. The van der Waals surface area contributed by atoms with Gasteiger partial charge in [-0.05, 0) is 88.9 Å². The highest BCUT2D eigenvalue weighted by atomic mass is 14.6.